The molecule has 0 fully saturated rings. The lowest BCUT2D eigenvalue weighted by Gasteiger charge is -2.19. The van der Waals surface area contributed by atoms with Gasteiger partial charge in [0.2, 0.25) is 10.0 Å². The number of hydrogen-bond acceptors (Lipinski definition) is 3. The molecule has 0 bridgehead atoms. The predicted octanol–water partition coefficient (Wildman–Crippen LogP) is 1.13. The van der Waals surface area contributed by atoms with Gasteiger partial charge in [0.1, 0.15) is 0 Å². The van der Waals surface area contributed by atoms with Gasteiger partial charge in [-0.25, -0.2) is 13.4 Å². The number of sulfonamides is 1. The summed E-state index contributed by atoms with van der Waals surface area (Å²) in [5.41, 5.74) is 1.09. The molecular formula is C13H15N3O2S. The summed E-state index contributed by atoms with van der Waals surface area (Å²) in [6, 6.07) is 8.60. The van der Waals surface area contributed by atoms with Crippen LogP contribution in [0.15, 0.2) is 47.8 Å². The maximum atomic E-state index is 12.5. The zero-order chi connectivity index (χ0) is 13.3. The van der Waals surface area contributed by atoms with Gasteiger partial charge in [0.15, 0.2) is 0 Å². The van der Waals surface area contributed by atoms with Crippen molar-refractivity contribution in [2.45, 2.75) is 17.9 Å². The van der Waals surface area contributed by atoms with E-state index in [0.29, 0.717) is 31.0 Å². The first-order chi connectivity index (χ1) is 9.18. The fourth-order valence-electron chi connectivity index (χ4n) is 2.31. The minimum absolute atomic E-state index is 0.361. The van der Waals surface area contributed by atoms with E-state index in [1.165, 1.54) is 0 Å². The summed E-state index contributed by atoms with van der Waals surface area (Å²) in [7, 11) is -3.38. The van der Waals surface area contributed by atoms with Crippen molar-refractivity contribution in [2.75, 3.05) is 13.1 Å². The van der Waals surface area contributed by atoms with Crippen LogP contribution in [0.5, 0.6) is 0 Å². The lowest BCUT2D eigenvalue weighted by Crippen LogP contribution is -2.33. The molecule has 0 atom stereocenters. The average molecular weight is 277 g/mol. The first-order valence-electron chi connectivity index (χ1n) is 6.22. The summed E-state index contributed by atoms with van der Waals surface area (Å²) in [5, 5.41) is 0. The van der Waals surface area contributed by atoms with E-state index >= 15 is 0 Å². The van der Waals surface area contributed by atoms with Gasteiger partial charge in [-0.2, -0.15) is 4.31 Å². The minimum Gasteiger partial charge on any atom is -0.333 e. The molecule has 1 aliphatic heterocycles. The first-order valence-corrected chi connectivity index (χ1v) is 7.66. The Morgan fingerprint density at radius 1 is 1.05 bits per heavy atom. The molecule has 0 spiro atoms. The summed E-state index contributed by atoms with van der Waals surface area (Å²) in [4.78, 5) is 4.45. The Morgan fingerprint density at radius 3 is 2.63 bits per heavy atom. The number of imidazole rings is 1. The zero-order valence-electron chi connectivity index (χ0n) is 10.4. The summed E-state index contributed by atoms with van der Waals surface area (Å²) in [5.74, 6) is 0. The smallest absolute Gasteiger partial charge is 0.243 e. The monoisotopic (exact) mass is 277 g/mol. The van der Waals surface area contributed by atoms with E-state index in [4.69, 9.17) is 0 Å². The van der Waals surface area contributed by atoms with Crippen molar-refractivity contribution in [3.63, 3.8) is 0 Å². The van der Waals surface area contributed by atoms with E-state index in [9.17, 15) is 8.42 Å². The Kier molecular flexibility index (Phi) is 3.12. The topological polar surface area (TPSA) is 55.2 Å². The summed E-state index contributed by atoms with van der Waals surface area (Å²) >= 11 is 0. The molecule has 0 amide bonds. The molecule has 0 radical (unpaired) electrons. The van der Waals surface area contributed by atoms with Crippen LogP contribution in [0.3, 0.4) is 0 Å². The molecule has 0 saturated heterocycles. The molecule has 3 rings (SSSR count). The highest BCUT2D eigenvalue weighted by Gasteiger charge is 2.26. The van der Waals surface area contributed by atoms with Crippen LogP contribution >= 0.6 is 0 Å². The minimum atomic E-state index is -3.38. The Hall–Kier alpha value is -1.66. The second-order valence-corrected chi connectivity index (χ2v) is 6.48. The molecular weight excluding hydrogens is 262 g/mol. The first kappa shape index (κ1) is 12.4. The van der Waals surface area contributed by atoms with Gasteiger partial charge in [0.05, 0.1) is 11.2 Å². The van der Waals surface area contributed by atoms with Crippen molar-refractivity contribution in [1.82, 2.24) is 13.9 Å². The van der Waals surface area contributed by atoms with Crippen LogP contribution in [0.1, 0.15) is 5.69 Å². The van der Waals surface area contributed by atoms with Crippen molar-refractivity contribution in [3.05, 3.63) is 48.5 Å². The van der Waals surface area contributed by atoms with Gasteiger partial charge in [-0.15, -0.1) is 0 Å². The molecule has 0 aliphatic carbocycles. The van der Waals surface area contributed by atoms with Crippen molar-refractivity contribution in [1.29, 1.82) is 0 Å². The summed E-state index contributed by atoms with van der Waals surface area (Å²) < 4.78 is 28.6. The van der Waals surface area contributed by atoms with Crippen LogP contribution in [0, 0.1) is 0 Å². The van der Waals surface area contributed by atoms with Crippen molar-refractivity contribution in [3.8, 4) is 0 Å². The van der Waals surface area contributed by atoms with Crippen LogP contribution < -0.4 is 0 Å². The highest BCUT2D eigenvalue weighted by Crippen LogP contribution is 2.18. The van der Waals surface area contributed by atoms with Crippen LogP contribution in [0.25, 0.3) is 0 Å². The lowest BCUT2D eigenvalue weighted by atomic mass is 10.3. The second-order valence-electron chi connectivity index (χ2n) is 4.55. The molecule has 100 valence electrons. The van der Waals surface area contributed by atoms with Crippen LogP contribution in [-0.2, 0) is 23.0 Å². The highest BCUT2D eigenvalue weighted by molar-refractivity contribution is 7.89. The van der Waals surface area contributed by atoms with Crippen LogP contribution in [-0.4, -0.2) is 35.4 Å². The van der Waals surface area contributed by atoms with Gasteiger partial charge < -0.3 is 4.57 Å². The quantitative estimate of drug-likeness (QED) is 0.827. The van der Waals surface area contributed by atoms with E-state index in [1.807, 2.05) is 10.6 Å². The van der Waals surface area contributed by atoms with E-state index in [-0.39, 0.29) is 0 Å². The van der Waals surface area contributed by atoms with Gasteiger partial charge in [-0.05, 0) is 12.1 Å². The van der Waals surface area contributed by atoms with E-state index in [1.54, 1.807) is 41.1 Å². The standard InChI is InChI=1S/C13H15N3O2S/c17-19(18,13-4-2-1-3-5-13)16-7-6-12-10-14-11-15(12)8-9-16/h1-5,10-11H,6-9H2. The van der Waals surface area contributed by atoms with Gasteiger partial charge in [0.25, 0.3) is 0 Å². The molecule has 6 heteroatoms. The second kappa shape index (κ2) is 4.79. The fourth-order valence-corrected chi connectivity index (χ4v) is 3.76. The molecule has 1 aliphatic rings. The maximum Gasteiger partial charge on any atom is 0.243 e. The number of rotatable bonds is 2. The third kappa shape index (κ3) is 2.29. The number of aromatic nitrogens is 2. The normalized spacial score (nSPS) is 16.8. The van der Waals surface area contributed by atoms with Crippen molar-refractivity contribution >= 4 is 10.0 Å². The highest BCUT2D eigenvalue weighted by atomic mass is 32.2. The molecule has 0 unspecified atom stereocenters. The number of benzene rings is 1. The Morgan fingerprint density at radius 2 is 1.84 bits per heavy atom. The Bertz CT molecular complexity index is 642. The molecule has 19 heavy (non-hydrogen) atoms. The summed E-state index contributed by atoms with van der Waals surface area (Å²) in [6.07, 6.45) is 4.26. The van der Waals surface area contributed by atoms with E-state index in [2.05, 4.69) is 4.98 Å². The van der Waals surface area contributed by atoms with Crippen molar-refractivity contribution in [2.24, 2.45) is 0 Å². The lowest BCUT2D eigenvalue weighted by molar-refractivity contribution is 0.414. The molecule has 2 heterocycles. The molecule has 1 aromatic carbocycles. The molecule has 1 aromatic heterocycles. The van der Waals surface area contributed by atoms with Crippen LogP contribution in [0.2, 0.25) is 0 Å². The average Bonchev–Trinajstić information content (AvgIpc) is 2.78. The number of hydrogen-bond donors (Lipinski definition) is 0. The van der Waals surface area contributed by atoms with Crippen molar-refractivity contribution < 1.29 is 8.42 Å². The SMILES string of the molecule is O=S(=O)(c1ccccc1)N1CCc2cncn2CC1. The third-order valence-corrected chi connectivity index (χ3v) is 5.30. The maximum absolute atomic E-state index is 12.5. The zero-order valence-corrected chi connectivity index (χ0v) is 11.3. The predicted molar refractivity (Wildman–Crippen MR) is 71.1 cm³/mol. The molecule has 2 aromatic rings. The van der Waals surface area contributed by atoms with E-state index in [0.717, 1.165) is 5.69 Å². The largest absolute Gasteiger partial charge is 0.333 e. The number of fused-ring (bicyclic) bond motifs is 1. The Balaban J connectivity index is 1.86. The Labute approximate surface area is 112 Å². The molecule has 0 N–H and O–H groups in total. The molecule has 0 saturated carbocycles. The van der Waals surface area contributed by atoms with Gasteiger partial charge in [-0.3, -0.25) is 0 Å². The van der Waals surface area contributed by atoms with Gasteiger partial charge in [-0.1, -0.05) is 18.2 Å². The number of nitrogens with zero attached hydrogens (tertiary/aromatic N) is 3. The van der Waals surface area contributed by atoms with Crippen LogP contribution in [0.4, 0.5) is 0 Å². The third-order valence-electron chi connectivity index (χ3n) is 3.39. The van der Waals surface area contributed by atoms with E-state index < -0.39 is 10.0 Å². The van der Waals surface area contributed by atoms with Gasteiger partial charge in [0, 0.05) is 37.9 Å². The fraction of sp³-hybridized carbons (Fsp3) is 0.308. The van der Waals surface area contributed by atoms with Gasteiger partial charge >= 0.3 is 0 Å². The molecule has 5 nitrogen and oxygen atoms in total. The summed E-state index contributed by atoms with van der Waals surface area (Å²) in [6.45, 7) is 1.64.